The molecule has 2 N–H and O–H groups in total. The van der Waals surface area contributed by atoms with Gasteiger partial charge in [-0.05, 0) is 18.2 Å². The number of pyridine rings is 2. The number of amides is 2. The van der Waals surface area contributed by atoms with E-state index >= 15 is 0 Å². The van der Waals surface area contributed by atoms with Gasteiger partial charge in [0.2, 0.25) is 5.69 Å². The van der Waals surface area contributed by atoms with Crippen LogP contribution >= 0.6 is 0 Å². The van der Waals surface area contributed by atoms with Crippen molar-refractivity contribution in [3.8, 4) is 5.75 Å². The second-order valence-electron chi connectivity index (χ2n) is 5.29. The van der Waals surface area contributed by atoms with Crippen molar-refractivity contribution in [1.82, 2.24) is 14.9 Å². The van der Waals surface area contributed by atoms with Crippen molar-refractivity contribution in [3.63, 3.8) is 0 Å². The number of aromatic hydroxyl groups is 1. The highest BCUT2D eigenvalue weighted by Crippen LogP contribution is 2.18. The van der Waals surface area contributed by atoms with Crippen molar-refractivity contribution in [3.05, 3.63) is 48.1 Å². The number of anilines is 2. The number of hydrogen-bond acceptors (Lipinski definition) is 5. The van der Waals surface area contributed by atoms with Gasteiger partial charge in [0, 0.05) is 33.8 Å². The molecule has 0 aromatic carbocycles. The number of carbonyl (C=O) groups excluding carboxylic acids is 1. The molecular weight excluding hydrogens is 308 g/mol. The Hall–Kier alpha value is -3.34. The molecule has 8 nitrogen and oxygen atoms in total. The number of hydrogen-bond donors (Lipinski definition) is 2. The summed E-state index contributed by atoms with van der Waals surface area (Å²) in [4.78, 5) is 27.6. The van der Waals surface area contributed by atoms with Crippen LogP contribution in [0.15, 0.2) is 36.7 Å². The number of nitrogens with zero attached hydrogens (tertiary/aromatic N) is 5. The summed E-state index contributed by atoms with van der Waals surface area (Å²) in [6.07, 6.45) is 2.84. The van der Waals surface area contributed by atoms with Crippen molar-refractivity contribution in [1.29, 1.82) is 0 Å². The van der Waals surface area contributed by atoms with Gasteiger partial charge in [-0.15, -0.1) is 0 Å². The summed E-state index contributed by atoms with van der Waals surface area (Å²) in [7, 11) is 0. The predicted octanol–water partition coefficient (Wildman–Crippen LogP) is 2.33. The molecule has 3 rings (SSSR count). The fourth-order valence-corrected chi connectivity index (χ4v) is 2.42. The zero-order chi connectivity index (χ0) is 16.9. The molecule has 24 heavy (non-hydrogen) atoms. The quantitative estimate of drug-likeness (QED) is 0.827. The van der Waals surface area contributed by atoms with Crippen LogP contribution in [-0.4, -0.2) is 52.2 Å². The molecule has 2 aromatic heterocycles. The van der Waals surface area contributed by atoms with Crippen molar-refractivity contribution in [2.75, 3.05) is 36.4 Å². The van der Waals surface area contributed by atoms with E-state index < -0.39 is 0 Å². The third-order valence-corrected chi connectivity index (χ3v) is 3.74. The Balaban J connectivity index is 0.00000225. The normalized spacial score (nSPS) is 14.1. The highest BCUT2D eigenvalue weighted by molar-refractivity contribution is 5.88. The molecule has 2 aromatic rings. The lowest BCUT2D eigenvalue weighted by Gasteiger charge is -2.35. The van der Waals surface area contributed by atoms with Crippen molar-refractivity contribution >= 4 is 23.4 Å². The van der Waals surface area contributed by atoms with E-state index in [-0.39, 0.29) is 13.2 Å². The number of aromatic nitrogens is 2. The van der Waals surface area contributed by atoms with Crippen LogP contribution in [0.25, 0.3) is 4.85 Å². The summed E-state index contributed by atoms with van der Waals surface area (Å²) in [6, 6.07) is 6.36. The second-order valence-corrected chi connectivity index (χ2v) is 5.29. The Kier molecular flexibility index (Phi) is 4.43. The third kappa shape index (κ3) is 3.52. The van der Waals surface area contributed by atoms with Crippen LogP contribution in [0.4, 0.5) is 22.1 Å². The zero-order valence-corrected chi connectivity index (χ0v) is 12.9. The molecule has 8 heteroatoms. The average Bonchev–Trinajstić information content (AvgIpc) is 2.64. The topological polar surface area (TPSA) is 86.0 Å². The lowest BCUT2D eigenvalue weighted by Crippen LogP contribution is -2.50. The molecule has 3 heterocycles. The summed E-state index contributed by atoms with van der Waals surface area (Å²) < 4.78 is 0. The predicted molar refractivity (Wildman–Crippen MR) is 91.3 cm³/mol. The molecule has 0 aliphatic carbocycles. The molecule has 1 saturated heterocycles. The van der Waals surface area contributed by atoms with Crippen LogP contribution in [0.2, 0.25) is 0 Å². The van der Waals surface area contributed by atoms with E-state index in [0.29, 0.717) is 37.7 Å². The largest absolute Gasteiger partial charge is 0.506 e. The van der Waals surface area contributed by atoms with E-state index in [1.807, 2.05) is 6.07 Å². The molecule has 0 spiro atoms. The first-order valence-corrected chi connectivity index (χ1v) is 7.45. The Morgan fingerprint density at radius 3 is 2.54 bits per heavy atom. The van der Waals surface area contributed by atoms with Crippen LogP contribution in [0.1, 0.15) is 1.43 Å². The summed E-state index contributed by atoms with van der Waals surface area (Å²) in [5.41, 5.74) is 0.512. The Morgan fingerprint density at radius 1 is 1.17 bits per heavy atom. The lowest BCUT2D eigenvalue weighted by atomic mass is 10.3. The fraction of sp³-hybridized carbons (Fsp3) is 0.250. The minimum absolute atomic E-state index is 0. The van der Waals surface area contributed by atoms with Gasteiger partial charge in [-0.2, -0.15) is 0 Å². The first-order valence-electron chi connectivity index (χ1n) is 7.45. The highest BCUT2D eigenvalue weighted by atomic mass is 16.3. The molecule has 1 aliphatic rings. The average molecular weight is 326 g/mol. The number of rotatable bonds is 2. The Labute approximate surface area is 140 Å². The van der Waals surface area contributed by atoms with E-state index in [1.165, 1.54) is 12.3 Å². The number of nitrogens with one attached hydrogen (secondary N) is 1. The maximum Gasteiger partial charge on any atom is 0.323 e. The minimum atomic E-state index is -0.218. The van der Waals surface area contributed by atoms with Crippen LogP contribution in [0.3, 0.4) is 0 Å². The van der Waals surface area contributed by atoms with Gasteiger partial charge in [0.25, 0.3) is 0 Å². The minimum Gasteiger partial charge on any atom is -0.506 e. The van der Waals surface area contributed by atoms with Crippen LogP contribution < -0.4 is 10.2 Å². The van der Waals surface area contributed by atoms with E-state index in [2.05, 4.69) is 25.0 Å². The van der Waals surface area contributed by atoms with Gasteiger partial charge < -0.3 is 14.9 Å². The fourth-order valence-electron chi connectivity index (χ4n) is 2.42. The van der Waals surface area contributed by atoms with Gasteiger partial charge >= 0.3 is 6.03 Å². The first kappa shape index (κ1) is 15.6. The van der Waals surface area contributed by atoms with E-state index in [1.54, 1.807) is 23.2 Å². The highest BCUT2D eigenvalue weighted by Gasteiger charge is 2.22. The number of urea groups is 1. The van der Waals surface area contributed by atoms with Crippen molar-refractivity contribution < 1.29 is 11.3 Å². The van der Waals surface area contributed by atoms with Crippen molar-refractivity contribution in [2.24, 2.45) is 0 Å². The standard InChI is InChI=1S/C16H16N6O2.H2/c1-17-12-2-5-15(19-10-12)21-6-8-22(9-7-21)16(24)20-14-4-3-13(23)11-18-14;/h2-5,10-11,23H,6-9H2,(H,18,20,24);1H. The number of piperazine rings is 1. The SMILES string of the molecule is [C-]#[N+]c1ccc(N2CCN(C(=O)Nc3ccc(O)cn3)CC2)nc1.[HH]. The Morgan fingerprint density at radius 2 is 1.96 bits per heavy atom. The van der Waals surface area contributed by atoms with Crippen LogP contribution in [0.5, 0.6) is 5.75 Å². The van der Waals surface area contributed by atoms with Crippen LogP contribution in [0, 0.1) is 6.57 Å². The summed E-state index contributed by atoms with van der Waals surface area (Å²) in [5, 5.41) is 11.9. The molecule has 0 saturated carbocycles. The Bertz CT molecular complexity index is 752. The third-order valence-electron chi connectivity index (χ3n) is 3.74. The molecule has 124 valence electrons. The maximum absolute atomic E-state index is 12.2. The van der Waals surface area contributed by atoms with Gasteiger partial charge in [-0.1, -0.05) is 6.07 Å². The molecule has 0 atom stereocenters. The molecule has 2 amide bonds. The first-order chi connectivity index (χ1) is 11.7. The van der Waals surface area contributed by atoms with E-state index in [9.17, 15) is 9.90 Å². The zero-order valence-electron chi connectivity index (χ0n) is 12.9. The molecule has 0 radical (unpaired) electrons. The van der Waals surface area contributed by atoms with Gasteiger partial charge in [0.1, 0.15) is 17.4 Å². The van der Waals surface area contributed by atoms with Gasteiger partial charge in [0.05, 0.1) is 12.8 Å². The van der Waals surface area contributed by atoms with E-state index in [4.69, 9.17) is 6.57 Å². The monoisotopic (exact) mass is 326 g/mol. The van der Waals surface area contributed by atoms with Crippen molar-refractivity contribution in [2.45, 2.75) is 0 Å². The second kappa shape index (κ2) is 6.83. The lowest BCUT2D eigenvalue weighted by molar-refractivity contribution is 0.208. The summed E-state index contributed by atoms with van der Waals surface area (Å²) in [5.74, 6) is 1.26. The smallest absolute Gasteiger partial charge is 0.323 e. The molecular formula is C16H18N6O2. The van der Waals surface area contributed by atoms with E-state index in [0.717, 1.165) is 5.82 Å². The molecule has 0 bridgehead atoms. The summed E-state index contributed by atoms with van der Waals surface area (Å²) in [6.45, 7) is 9.40. The number of carbonyl (C=O) groups is 1. The molecule has 1 fully saturated rings. The van der Waals surface area contributed by atoms with Gasteiger partial charge in [-0.25, -0.2) is 14.6 Å². The van der Waals surface area contributed by atoms with Crippen LogP contribution in [-0.2, 0) is 0 Å². The van der Waals surface area contributed by atoms with Gasteiger partial charge in [-0.3, -0.25) is 10.3 Å². The maximum atomic E-state index is 12.2. The van der Waals surface area contributed by atoms with Gasteiger partial charge in [0.15, 0.2) is 0 Å². The molecule has 0 unspecified atom stereocenters. The molecule has 1 aliphatic heterocycles. The summed E-state index contributed by atoms with van der Waals surface area (Å²) >= 11 is 0.